The summed E-state index contributed by atoms with van der Waals surface area (Å²) in [6, 6.07) is 7.41. The number of amides is 1. The molecule has 2 aliphatic rings. The van der Waals surface area contributed by atoms with Gasteiger partial charge in [0.15, 0.2) is 11.9 Å². The lowest BCUT2D eigenvalue weighted by molar-refractivity contribution is -0.133. The van der Waals surface area contributed by atoms with Gasteiger partial charge in [0.2, 0.25) is 5.91 Å². The lowest BCUT2D eigenvalue weighted by Crippen LogP contribution is -2.45. The Kier molecular flexibility index (Phi) is 2.11. The predicted octanol–water partition coefficient (Wildman–Crippen LogP) is 1.77. The van der Waals surface area contributed by atoms with Crippen molar-refractivity contribution in [1.82, 2.24) is 0 Å². The number of ether oxygens (including phenoxy) is 1. The maximum Gasteiger partial charge on any atom is 0.239 e. The van der Waals surface area contributed by atoms with Crippen molar-refractivity contribution in [3.63, 3.8) is 0 Å². The number of Topliss-reactive ketones (excluding diaryl/α,β-unsaturated/α-hetero) is 1. The number of hydrogen-bond acceptors (Lipinski definition) is 3. The molecule has 1 N–H and O–H groups in total. The number of para-hydroxylation sites is 1. The monoisotopic (exact) mass is 243 g/mol. The Bertz CT molecular complexity index is 578. The Labute approximate surface area is 105 Å². The zero-order valence-corrected chi connectivity index (χ0v) is 10.0. The SMILES string of the molecule is C=C1C[C@@]2(C(=O)Nc3ccccc32)C(C(C)=O)O1. The van der Waals surface area contributed by atoms with Gasteiger partial charge in [-0.05, 0) is 18.6 Å². The molecule has 3 rings (SSSR count). The number of allylic oxidation sites excluding steroid dienone is 1. The minimum absolute atomic E-state index is 0.152. The van der Waals surface area contributed by atoms with E-state index in [-0.39, 0.29) is 11.7 Å². The first-order chi connectivity index (χ1) is 8.55. The molecule has 0 aliphatic carbocycles. The van der Waals surface area contributed by atoms with Crippen LogP contribution in [0.3, 0.4) is 0 Å². The van der Waals surface area contributed by atoms with Crippen LogP contribution < -0.4 is 5.32 Å². The quantitative estimate of drug-likeness (QED) is 0.817. The van der Waals surface area contributed by atoms with Crippen LogP contribution in [0.4, 0.5) is 5.69 Å². The third-order valence-electron chi connectivity index (χ3n) is 3.64. The van der Waals surface area contributed by atoms with Crippen LogP contribution in [0, 0.1) is 0 Å². The molecule has 0 saturated carbocycles. The van der Waals surface area contributed by atoms with Crippen molar-refractivity contribution in [2.24, 2.45) is 0 Å². The molecule has 4 heteroatoms. The van der Waals surface area contributed by atoms with E-state index in [1.807, 2.05) is 24.3 Å². The van der Waals surface area contributed by atoms with E-state index >= 15 is 0 Å². The van der Waals surface area contributed by atoms with Crippen LogP contribution in [0.25, 0.3) is 0 Å². The first-order valence-electron chi connectivity index (χ1n) is 5.81. The number of ketones is 1. The number of hydrogen-bond donors (Lipinski definition) is 1. The topological polar surface area (TPSA) is 55.4 Å². The van der Waals surface area contributed by atoms with Crippen molar-refractivity contribution >= 4 is 17.4 Å². The molecule has 0 radical (unpaired) electrons. The molecule has 1 amide bonds. The number of carbonyl (C=O) groups is 2. The van der Waals surface area contributed by atoms with E-state index < -0.39 is 11.5 Å². The third kappa shape index (κ3) is 1.20. The maximum absolute atomic E-state index is 12.3. The fourth-order valence-electron chi connectivity index (χ4n) is 2.92. The van der Waals surface area contributed by atoms with Crippen LogP contribution in [0.2, 0.25) is 0 Å². The fourth-order valence-corrected chi connectivity index (χ4v) is 2.92. The van der Waals surface area contributed by atoms with Crippen molar-refractivity contribution in [1.29, 1.82) is 0 Å². The van der Waals surface area contributed by atoms with Crippen molar-refractivity contribution < 1.29 is 14.3 Å². The molecule has 0 aromatic heterocycles. The lowest BCUT2D eigenvalue weighted by atomic mass is 9.74. The second-order valence-electron chi connectivity index (χ2n) is 4.80. The highest BCUT2D eigenvalue weighted by atomic mass is 16.5. The normalized spacial score (nSPS) is 29.1. The largest absolute Gasteiger partial charge is 0.486 e. The molecular formula is C14H13NO3. The minimum atomic E-state index is -0.931. The molecule has 1 aromatic rings. The summed E-state index contributed by atoms with van der Waals surface area (Å²) in [7, 11) is 0. The van der Waals surface area contributed by atoms with E-state index in [4.69, 9.17) is 4.74 Å². The number of carbonyl (C=O) groups excluding carboxylic acids is 2. The fraction of sp³-hybridized carbons (Fsp3) is 0.286. The van der Waals surface area contributed by atoms with Crippen LogP contribution >= 0.6 is 0 Å². The molecule has 2 atom stereocenters. The summed E-state index contributed by atoms with van der Waals surface area (Å²) >= 11 is 0. The van der Waals surface area contributed by atoms with Gasteiger partial charge in [-0.25, -0.2) is 0 Å². The smallest absolute Gasteiger partial charge is 0.239 e. The molecule has 4 nitrogen and oxygen atoms in total. The standard InChI is InChI=1S/C14H13NO3/c1-8-7-14(12(18-8)9(2)16)10-5-3-4-6-11(10)15-13(14)17/h3-6,12H,1,7H2,2H3,(H,15,17)/t12?,14-/m0/s1. The Morgan fingerprint density at radius 3 is 2.94 bits per heavy atom. The summed E-state index contributed by atoms with van der Waals surface area (Å²) < 4.78 is 5.48. The Balaban J connectivity index is 2.22. The van der Waals surface area contributed by atoms with E-state index in [1.54, 1.807) is 0 Å². The van der Waals surface area contributed by atoms with E-state index in [0.29, 0.717) is 12.2 Å². The average Bonchev–Trinajstić information content (AvgIpc) is 2.81. The number of nitrogens with one attached hydrogen (secondary N) is 1. The van der Waals surface area contributed by atoms with E-state index in [1.165, 1.54) is 6.92 Å². The van der Waals surface area contributed by atoms with Crippen LogP contribution in [0.1, 0.15) is 18.9 Å². The summed E-state index contributed by atoms with van der Waals surface area (Å²) in [5.41, 5.74) is 0.653. The Hall–Kier alpha value is -2.10. The van der Waals surface area contributed by atoms with Gasteiger partial charge in [0.1, 0.15) is 5.41 Å². The minimum Gasteiger partial charge on any atom is -0.486 e. The summed E-state index contributed by atoms with van der Waals surface area (Å²) in [5.74, 6) is 0.158. The Morgan fingerprint density at radius 2 is 2.22 bits per heavy atom. The van der Waals surface area contributed by atoms with Crippen LogP contribution in [-0.2, 0) is 19.7 Å². The molecule has 1 fully saturated rings. The second-order valence-corrected chi connectivity index (χ2v) is 4.80. The van der Waals surface area contributed by atoms with Crippen LogP contribution in [-0.4, -0.2) is 17.8 Å². The number of benzene rings is 1. The molecule has 1 unspecified atom stereocenters. The number of rotatable bonds is 1. The van der Waals surface area contributed by atoms with Gasteiger partial charge < -0.3 is 10.1 Å². The van der Waals surface area contributed by atoms with Gasteiger partial charge in [-0.1, -0.05) is 24.8 Å². The molecule has 1 spiro atoms. The van der Waals surface area contributed by atoms with Crippen molar-refractivity contribution in [3.8, 4) is 0 Å². The highest BCUT2D eigenvalue weighted by molar-refractivity contribution is 6.10. The Morgan fingerprint density at radius 1 is 1.50 bits per heavy atom. The maximum atomic E-state index is 12.3. The summed E-state index contributed by atoms with van der Waals surface area (Å²) in [4.78, 5) is 24.1. The lowest BCUT2D eigenvalue weighted by Gasteiger charge is -2.24. The predicted molar refractivity (Wildman–Crippen MR) is 66.1 cm³/mol. The van der Waals surface area contributed by atoms with Gasteiger partial charge in [-0.2, -0.15) is 0 Å². The molecule has 2 aliphatic heterocycles. The number of anilines is 1. The summed E-state index contributed by atoms with van der Waals surface area (Å²) in [5, 5.41) is 2.82. The average molecular weight is 243 g/mol. The molecule has 1 saturated heterocycles. The first kappa shape index (κ1) is 11.0. The van der Waals surface area contributed by atoms with Gasteiger partial charge in [-0.15, -0.1) is 0 Å². The van der Waals surface area contributed by atoms with Crippen LogP contribution in [0.15, 0.2) is 36.6 Å². The van der Waals surface area contributed by atoms with Crippen molar-refractivity contribution in [2.45, 2.75) is 24.9 Å². The van der Waals surface area contributed by atoms with E-state index in [2.05, 4.69) is 11.9 Å². The van der Waals surface area contributed by atoms with Gasteiger partial charge >= 0.3 is 0 Å². The first-order valence-corrected chi connectivity index (χ1v) is 5.81. The molecule has 18 heavy (non-hydrogen) atoms. The zero-order valence-electron chi connectivity index (χ0n) is 10.0. The van der Waals surface area contributed by atoms with Crippen molar-refractivity contribution in [3.05, 3.63) is 42.2 Å². The summed E-state index contributed by atoms with van der Waals surface area (Å²) in [6.07, 6.45) is -0.409. The highest BCUT2D eigenvalue weighted by Crippen LogP contribution is 2.50. The van der Waals surface area contributed by atoms with Crippen molar-refractivity contribution in [2.75, 3.05) is 5.32 Å². The van der Waals surface area contributed by atoms with E-state index in [9.17, 15) is 9.59 Å². The molecule has 2 heterocycles. The van der Waals surface area contributed by atoms with Crippen LogP contribution in [0.5, 0.6) is 0 Å². The second kappa shape index (κ2) is 3.45. The highest BCUT2D eigenvalue weighted by Gasteiger charge is 2.59. The third-order valence-corrected chi connectivity index (χ3v) is 3.64. The molecule has 1 aromatic carbocycles. The molecular weight excluding hydrogens is 230 g/mol. The molecule has 0 bridgehead atoms. The van der Waals surface area contributed by atoms with Gasteiger partial charge in [0, 0.05) is 12.1 Å². The summed E-state index contributed by atoms with van der Waals surface area (Å²) in [6.45, 7) is 5.20. The number of fused-ring (bicyclic) bond motifs is 2. The van der Waals surface area contributed by atoms with E-state index in [0.717, 1.165) is 11.3 Å². The van der Waals surface area contributed by atoms with Gasteiger partial charge in [0.25, 0.3) is 0 Å². The van der Waals surface area contributed by atoms with Gasteiger partial charge in [-0.3, -0.25) is 9.59 Å². The van der Waals surface area contributed by atoms with Gasteiger partial charge in [0.05, 0.1) is 5.76 Å². The zero-order chi connectivity index (χ0) is 12.9. The molecule has 92 valence electrons.